The van der Waals surface area contributed by atoms with Crippen LogP contribution in [0, 0.1) is 17.8 Å². The molecular formula is C23H44O4Si. The predicted octanol–water partition coefficient (Wildman–Crippen LogP) is 5.50. The van der Waals surface area contributed by atoms with Crippen LogP contribution in [0.15, 0.2) is 0 Å². The molecule has 5 heteroatoms. The van der Waals surface area contributed by atoms with Gasteiger partial charge in [-0.25, -0.2) is 0 Å². The molecule has 2 saturated carbocycles. The van der Waals surface area contributed by atoms with E-state index in [0.29, 0.717) is 37.1 Å². The number of ether oxygens (including phenoxy) is 2. The van der Waals surface area contributed by atoms with E-state index in [2.05, 4.69) is 40.8 Å². The average molecular weight is 413 g/mol. The number of aliphatic hydroxyl groups excluding tert-OH is 1. The fourth-order valence-corrected chi connectivity index (χ4v) is 6.80. The van der Waals surface area contributed by atoms with E-state index in [0.717, 1.165) is 32.1 Å². The quantitative estimate of drug-likeness (QED) is 0.401. The van der Waals surface area contributed by atoms with Crippen molar-refractivity contribution in [2.45, 2.75) is 115 Å². The van der Waals surface area contributed by atoms with E-state index in [4.69, 9.17) is 13.9 Å². The summed E-state index contributed by atoms with van der Waals surface area (Å²) >= 11 is 0. The van der Waals surface area contributed by atoms with E-state index < -0.39 is 8.32 Å². The van der Waals surface area contributed by atoms with Gasteiger partial charge in [-0.3, -0.25) is 0 Å². The largest absolute Gasteiger partial charge is 0.414 e. The number of hydrogen-bond donors (Lipinski definition) is 1. The summed E-state index contributed by atoms with van der Waals surface area (Å²) in [7, 11) is -1.77. The first-order valence-corrected chi connectivity index (χ1v) is 14.6. The van der Waals surface area contributed by atoms with E-state index in [1.807, 2.05) is 0 Å². The molecule has 0 aromatic carbocycles. The first kappa shape index (κ1) is 22.7. The molecule has 1 spiro atoms. The Morgan fingerprint density at radius 2 is 1.82 bits per heavy atom. The van der Waals surface area contributed by atoms with E-state index in [1.54, 1.807) is 0 Å². The second kappa shape index (κ2) is 8.66. The lowest BCUT2D eigenvalue weighted by Gasteiger charge is -2.49. The van der Waals surface area contributed by atoms with Gasteiger partial charge in [0, 0.05) is 18.4 Å². The highest BCUT2D eigenvalue weighted by Gasteiger charge is 2.64. The highest BCUT2D eigenvalue weighted by molar-refractivity contribution is 6.74. The second-order valence-corrected chi connectivity index (χ2v) is 15.8. The maximum atomic E-state index is 10.8. The summed E-state index contributed by atoms with van der Waals surface area (Å²) in [5.74, 6) is 1.01. The van der Waals surface area contributed by atoms with Crippen molar-refractivity contribution in [1.82, 2.24) is 0 Å². The molecule has 1 aliphatic heterocycles. The fourth-order valence-electron chi connectivity index (χ4n) is 5.38. The van der Waals surface area contributed by atoms with Crippen LogP contribution in [0.25, 0.3) is 0 Å². The Kier molecular flexibility index (Phi) is 7.03. The third kappa shape index (κ3) is 4.54. The third-order valence-corrected chi connectivity index (χ3v) is 12.7. The fraction of sp³-hybridized carbons (Fsp3) is 1.00. The van der Waals surface area contributed by atoms with Crippen LogP contribution in [0.4, 0.5) is 0 Å². The standard InChI is InChI=1S/C23H44O4Si/c1-7-8-9-10-17(27-28(5,6)22(2,3)4)11-12-18-19-16-23(25-13-14-26-23)20(19)15-21(18)24/h17-21,24H,7-16H2,1-6H3. The van der Waals surface area contributed by atoms with Crippen molar-refractivity contribution in [1.29, 1.82) is 0 Å². The molecule has 3 rings (SSSR count). The monoisotopic (exact) mass is 412 g/mol. The highest BCUT2D eigenvalue weighted by Crippen LogP contribution is 2.60. The molecule has 164 valence electrons. The molecule has 0 radical (unpaired) electrons. The Labute approximate surface area is 173 Å². The topological polar surface area (TPSA) is 47.9 Å². The molecule has 1 heterocycles. The second-order valence-electron chi connectivity index (χ2n) is 11.0. The number of hydrogen-bond acceptors (Lipinski definition) is 4. The van der Waals surface area contributed by atoms with Crippen molar-refractivity contribution in [3.05, 3.63) is 0 Å². The van der Waals surface area contributed by atoms with E-state index in [1.165, 1.54) is 19.3 Å². The number of aliphatic hydroxyl groups is 1. The summed E-state index contributed by atoms with van der Waals surface area (Å²) in [5.41, 5.74) is 0. The van der Waals surface area contributed by atoms with Crippen LogP contribution in [0.5, 0.6) is 0 Å². The van der Waals surface area contributed by atoms with Gasteiger partial charge in [0.1, 0.15) is 0 Å². The van der Waals surface area contributed by atoms with E-state index >= 15 is 0 Å². The first-order valence-electron chi connectivity index (χ1n) is 11.7. The van der Waals surface area contributed by atoms with Gasteiger partial charge in [0.15, 0.2) is 14.1 Å². The van der Waals surface area contributed by atoms with Crippen molar-refractivity contribution in [3.8, 4) is 0 Å². The Balaban J connectivity index is 1.57. The maximum Gasteiger partial charge on any atom is 0.192 e. The van der Waals surface area contributed by atoms with Crippen LogP contribution in [0.2, 0.25) is 18.1 Å². The van der Waals surface area contributed by atoms with Crippen molar-refractivity contribution >= 4 is 8.32 Å². The van der Waals surface area contributed by atoms with Crippen LogP contribution in [-0.2, 0) is 13.9 Å². The molecule has 28 heavy (non-hydrogen) atoms. The highest BCUT2D eigenvalue weighted by atomic mass is 28.4. The summed E-state index contributed by atoms with van der Waals surface area (Å²) in [6, 6.07) is 0. The third-order valence-electron chi connectivity index (χ3n) is 8.14. The minimum Gasteiger partial charge on any atom is -0.414 e. The molecule has 5 atom stereocenters. The lowest BCUT2D eigenvalue weighted by molar-refractivity contribution is -0.272. The zero-order valence-electron chi connectivity index (χ0n) is 19.1. The number of rotatable bonds is 9. The average Bonchev–Trinajstić information content (AvgIpc) is 3.17. The van der Waals surface area contributed by atoms with Crippen molar-refractivity contribution < 1.29 is 19.0 Å². The predicted molar refractivity (Wildman–Crippen MR) is 116 cm³/mol. The van der Waals surface area contributed by atoms with Crippen LogP contribution in [0.3, 0.4) is 0 Å². The Bertz CT molecular complexity index is 509. The van der Waals surface area contributed by atoms with Crippen molar-refractivity contribution in [2.75, 3.05) is 13.2 Å². The lowest BCUT2D eigenvalue weighted by atomic mass is 9.66. The minimum absolute atomic E-state index is 0.202. The summed E-state index contributed by atoms with van der Waals surface area (Å²) < 4.78 is 18.7. The SMILES string of the molecule is CCCCCC(CCC1C(O)CC2C1CC21OCCO1)O[Si](C)(C)C(C)(C)C. The maximum absolute atomic E-state index is 10.8. The van der Waals surface area contributed by atoms with Gasteiger partial charge in [-0.1, -0.05) is 47.0 Å². The summed E-state index contributed by atoms with van der Waals surface area (Å²) in [6.07, 6.45) is 9.05. The van der Waals surface area contributed by atoms with Gasteiger partial charge in [0.05, 0.1) is 19.3 Å². The van der Waals surface area contributed by atoms with Gasteiger partial charge in [-0.2, -0.15) is 0 Å². The van der Waals surface area contributed by atoms with E-state index in [9.17, 15) is 5.11 Å². The van der Waals surface area contributed by atoms with E-state index in [-0.39, 0.29) is 16.9 Å². The molecule has 1 N–H and O–H groups in total. The van der Waals surface area contributed by atoms with Gasteiger partial charge in [-0.15, -0.1) is 0 Å². The molecular weight excluding hydrogens is 368 g/mol. The number of unbranched alkanes of at least 4 members (excludes halogenated alkanes) is 2. The lowest BCUT2D eigenvalue weighted by Crippen LogP contribution is -2.54. The molecule has 3 aliphatic rings. The molecule has 0 bridgehead atoms. The first-order chi connectivity index (χ1) is 13.1. The Morgan fingerprint density at radius 3 is 2.43 bits per heavy atom. The summed E-state index contributed by atoms with van der Waals surface area (Å²) in [5, 5.41) is 11.0. The minimum atomic E-state index is -1.77. The molecule has 1 saturated heterocycles. The molecule has 0 aromatic rings. The van der Waals surface area contributed by atoms with Gasteiger partial charge in [0.25, 0.3) is 0 Å². The number of fused-ring (bicyclic) bond motifs is 2. The van der Waals surface area contributed by atoms with Crippen LogP contribution in [-0.4, -0.2) is 44.6 Å². The molecule has 2 aliphatic carbocycles. The van der Waals surface area contributed by atoms with Crippen LogP contribution < -0.4 is 0 Å². The van der Waals surface area contributed by atoms with Gasteiger partial charge in [0.2, 0.25) is 0 Å². The molecule has 5 unspecified atom stereocenters. The normalized spacial score (nSPS) is 33.1. The van der Waals surface area contributed by atoms with Crippen LogP contribution in [0.1, 0.15) is 79.1 Å². The van der Waals surface area contributed by atoms with Crippen molar-refractivity contribution in [3.63, 3.8) is 0 Å². The molecule has 0 aromatic heterocycles. The molecule has 3 fully saturated rings. The van der Waals surface area contributed by atoms with Gasteiger partial charge >= 0.3 is 0 Å². The Morgan fingerprint density at radius 1 is 1.14 bits per heavy atom. The zero-order chi connectivity index (χ0) is 20.6. The van der Waals surface area contributed by atoms with Crippen LogP contribution >= 0.6 is 0 Å². The smallest absolute Gasteiger partial charge is 0.192 e. The van der Waals surface area contributed by atoms with Gasteiger partial charge < -0.3 is 19.0 Å². The Hall–Kier alpha value is 0.0569. The summed E-state index contributed by atoms with van der Waals surface area (Å²) in [6.45, 7) is 15.4. The summed E-state index contributed by atoms with van der Waals surface area (Å²) in [4.78, 5) is 0. The zero-order valence-corrected chi connectivity index (χ0v) is 20.1. The van der Waals surface area contributed by atoms with Crippen molar-refractivity contribution in [2.24, 2.45) is 17.8 Å². The molecule has 4 nitrogen and oxygen atoms in total. The van der Waals surface area contributed by atoms with Gasteiger partial charge in [-0.05, 0) is 55.7 Å². The molecule has 0 amide bonds.